The second-order valence-corrected chi connectivity index (χ2v) is 7.40. The van der Waals surface area contributed by atoms with Crippen molar-refractivity contribution in [2.45, 2.75) is 33.3 Å². The molecule has 0 radical (unpaired) electrons. The lowest BCUT2D eigenvalue weighted by molar-refractivity contribution is -0.117. The van der Waals surface area contributed by atoms with Crippen LogP contribution in [0.5, 0.6) is 5.75 Å². The summed E-state index contributed by atoms with van der Waals surface area (Å²) >= 11 is 1.42. The molecule has 0 atom stereocenters. The molecule has 1 heterocycles. The number of methoxy groups -OCH3 is 1. The molecule has 1 fully saturated rings. The molecule has 5 nitrogen and oxygen atoms in total. The summed E-state index contributed by atoms with van der Waals surface area (Å²) in [7, 11) is 1.59. The van der Waals surface area contributed by atoms with Crippen LogP contribution in [-0.4, -0.2) is 19.0 Å². The van der Waals surface area contributed by atoms with E-state index in [0.717, 1.165) is 28.8 Å². The van der Waals surface area contributed by atoms with Crippen LogP contribution in [0.2, 0.25) is 0 Å². The Morgan fingerprint density at radius 2 is 2.04 bits per heavy atom. The molecule has 0 bridgehead atoms. The quantitative estimate of drug-likeness (QED) is 0.790. The van der Waals surface area contributed by atoms with E-state index in [9.17, 15) is 9.59 Å². The highest BCUT2D eigenvalue weighted by Gasteiger charge is 2.31. The van der Waals surface area contributed by atoms with Gasteiger partial charge in [-0.2, -0.15) is 0 Å². The Labute approximate surface area is 151 Å². The van der Waals surface area contributed by atoms with Gasteiger partial charge in [-0.3, -0.25) is 4.79 Å². The van der Waals surface area contributed by atoms with E-state index in [0.29, 0.717) is 16.3 Å². The van der Waals surface area contributed by atoms with Gasteiger partial charge in [0, 0.05) is 10.8 Å². The lowest BCUT2D eigenvalue weighted by Crippen LogP contribution is -2.16. The molecule has 6 heteroatoms. The molecule has 0 aliphatic heterocycles. The molecule has 1 aromatic heterocycles. The van der Waals surface area contributed by atoms with Gasteiger partial charge in [-0.05, 0) is 49.9 Å². The first kappa shape index (κ1) is 17.5. The van der Waals surface area contributed by atoms with Crippen molar-refractivity contribution < 1.29 is 19.1 Å². The number of hydrogen-bond donors (Lipinski definition) is 1. The van der Waals surface area contributed by atoms with Crippen molar-refractivity contribution in [3.8, 4) is 5.75 Å². The molecule has 1 saturated carbocycles. The van der Waals surface area contributed by atoms with Crippen molar-refractivity contribution in [3.05, 3.63) is 45.8 Å². The van der Waals surface area contributed by atoms with Crippen LogP contribution in [0.25, 0.3) is 0 Å². The fourth-order valence-corrected chi connectivity index (χ4v) is 3.56. The molecule has 132 valence electrons. The minimum atomic E-state index is -0.421. The predicted octanol–water partition coefficient (Wildman–Crippen LogP) is 4.08. The van der Waals surface area contributed by atoms with Crippen LogP contribution in [0.4, 0.5) is 5.00 Å². The number of carbonyl (C=O) groups is 2. The van der Waals surface area contributed by atoms with Gasteiger partial charge in [-0.1, -0.05) is 12.1 Å². The van der Waals surface area contributed by atoms with Gasteiger partial charge in [0.05, 0.1) is 12.7 Å². The average Bonchev–Trinajstić information content (AvgIpc) is 3.41. The van der Waals surface area contributed by atoms with Crippen molar-refractivity contribution in [2.24, 2.45) is 5.92 Å². The van der Waals surface area contributed by atoms with Crippen LogP contribution in [0.1, 0.15) is 39.2 Å². The Hall–Kier alpha value is -2.34. The summed E-state index contributed by atoms with van der Waals surface area (Å²) in [5, 5.41) is 3.48. The molecule has 2 aromatic rings. The van der Waals surface area contributed by atoms with Crippen molar-refractivity contribution in [1.29, 1.82) is 0 Å². The third-order valence-electron chi connectivity index (χ3n) is 4.28. The third-order valence-corrected chi connectivity index (χ3v) is 5.40. The molecule has 1 aliphatic rings. The van der Waals surface area contributed by atoms with E-state index in [4.69, 9.17) is 9.47 Å². The van der Waals surface area contributed by atoms with E-state index in [1.165, 1.54) is 11.3 Å². The highest BCUT2D eigenvalue weighted by atomic mass is 32.1. The van der Waals surface area contributed by atoms with Crippen LogP contribution in [-0.2, 0) is 16.1 Å². The summed E-state index contributed by atoms with van der Waals surface area (Å²) in [6.07, 6.45) is 1.84. The highest BCUT2D eigenvalue weighted by molar-refractivity contribution is 7.16. The SMILES string of the molecule is COc1cccc(COC(=O)c2c(NC(=O)C3CC3)sc(C)c2C)c1. The molecule has 1 aliphatic carbocycles. The smallest absolute Gasteiger partial charge is 0.341 e. The summed E-state index contributed by atoms with van der Waals surface area (Å²) in [6, 6.07) is 7.39. The highest BCUT2D eigenvalue weighted by Crippen LogP contribution is 2.36. The van der Waals surface area contributed by atoms with Crippen molar-refractivity contribution >= 4 is 28.2 Å². The Balaban J connectivity index is 1.73. The summed E-state index contributed by atoms with van der Waals surface area (Å²) in [6.45, 7) is 3.97. The topological polar surface area (TPSA) is 64.6 Å². The Kier molecular flexibility index (Phi) is 5.08. The van der Waals surface area contributed by atoms with Crippen molar-refractivity contribution in [2.75, 3.05) is 12.4 Å². The van der Waals surface area contributed by atoms with Crippen LogP contribution >= 0.6 is 11.3 Å². The van der Waals surface area contributed by atoms with E-state index in [-0.39, 0.29) is 18.4 Å². The van der Waals surface area contributed by atoms with Gasteiger partial charge in [0.1, 0.15) is 17.4 Å². The summed E-state index contributed by atoms with van der Waals surface area (Å²) in [5.41, 5.74) is 2.16. The predicted molar refractivity (Wildman–Crippen MR) is 97.3 cm³/mol. The maximum atomic E-state index is 12.6. The summed E-state index contributed by atoms with van der Waals surface area (Å²) in [5.74, 6) is 0.371. The summed E-state index contributed by atoms with van der Waals surface area (Å²) < 4.78 is 10.6. The van der Waals surface area contributed by atoms with Crippen LogP contribution in [0, 0.1) is 19.8 Å². The number of amides is 1. The van der Waals surface area contributed by atoms with Gasteiger partial charge < -0.3 is 14.8 Å². The van der Waals surface area contributed by atoms with Crippen molar-refractivity contribution in [1.82, 2.24) is 0 Å². The zero-order chi connectivity index (χ0) is 18.0. The lowest BCUT2D eigenvalue weighted by Gasteiger charge is -2.09. The second-order valence-electron chi connectivity index (χ2n) is 6.18. The normalized spacial score (nSPS) is 13.4. The Morgan fingerprint density at radius 1 is 1.28 bits per heavy atom. The number of aryl methyl sites for hydroxylation is 1. The van der Waals surface area contributed by atoms with Gasteiger partial charge in [0.2, 0.25) is 5.91 Å². The fourth-order valence-electron chi connectivity index (χ4n) is 2.50. The maximum absolute atomic E-state index is 12.6. The van der Waals surface area contributed by atoms with E-state index < -0.39 is 5.97 Å². The number of esters is 1. The maximum Gasteiger partial charge on any atom is 0.341 e. The van der Waals surface area contributed by atoms with Crippen molar-refractivity contribution in [3.63, 3.8) is 0 Å². The number of hydrogen-bond acceptors (Lipinski definition) is 5. The minimum Gasteiger partial charge on any atom is -0.497 e. The molecular formula is C19H21NO4S. The Bertz CT molecular complexity index is 808. The first-order valence-electron chi connectivity index (χ1n) is 8.20. The van der Waals surface area contributed by atoms with Gasteiger partial charge in [0.15, 0.2) is 0 Å². The first-order valence-corrected chi connectivity index (χ1v) is 9.02. The van der Waals surface area contributed by atoms with E-state index >= 15 is 0 Å². The number of rotatable bonds is 6. The molecule has 3 rings (SSSR count). The van der Waals surface area contributed by atoms with Crippen LogP contribution in [0.3, 0.4) is 0 Å². The molecule has 1 N–H and O–H groups in total. The third kappa shape index (κ3) is 4.02. The number of ether oxygens (including phenoxy) is 2. The average molecular weight is 359 g/mol. The number of nitrogens with one attached hydrogen (secondary N) is 1. The second kappa shape index (κ2) is 7.27. The van der Waals surface area contributed by atoms with E-state index in [2.05, 4.69) is 5.32 Å². The van der Waals surface area contributed by atoms with E-state index in [1.54, 1.807) is 7.11 Å². The molecule has 0 saturated heterocycles. The first-order chi connectivity index (χ1) is 12.0. The Morgan fingerprint density at radius 3 is 2.72 bits per heavy atom. The largest absolute Gasteiger partial charge is 0.497 e. The van der Waals surface area contributed by atoms with Gasteiger partial charge in [-0.25, -0.2) is 4.79 Å². The summed E-state index contributed by atoms with van der Waals surface area (Å²) in [4.78, 5) is 25.6. The molecule has 1 aromatic carbocycles. The monoisotopic (exact) mass is 359 g/mol. The number of benzene rings is 1. The fraction of sp³-hybridized carbons (Fsp3) is 0.368. The molecule has 25 heavy (non-hydrogen) atoms. The number of thiophene rings is 1. The zero-order valence-electron chi connectivity index (χ0n) is 14.5. The number of carbonyl (C=O) groups excluding carboxylic acids is 2. The molecular weight excluding hydrogens is 338 g/mol. The molecule has 0 unspecified atom stereocenters. The standard InChI is InChI=1S/C19H21NO4S/c1-11-12(2)25-18(20-17(21)14-7-8-14)16(11)19(22)24-10-13-5-4-6-15(9-13)23-3/h4-6,9,14H,7-8,10H2,1-3H3,(H,20,21). The van der Waals surface area contributed by atoms with Gasteiger partial charge >= 0.3 is 5.97 Å². The zero-order valence-corrected chi connectivity index (χ0v) is 15.4. The lowest BCUT2D eigenvalue weighted by atomic mass is 10.1. The van der Waals surface area contributed by atoms with E-state index in [1.807, 2.05) is 38.1 Å². The minimum absolute atomic E-state index is 0.0110. The number of anilines is 1. The van der Waals surface area contributed by atoms with Crippen LogP contribution < -0.4 is 10.1 Å². The van der Waals surface area contributed by atoms with Crippen LogP contribution in [0.15, 0.2) is 24.3 Å². The van der Waals surface area contributed by atoms with Gasteiger partial charge in [0.25, 0.3) is 0 Å². The van der Waals surface area contributed by atoms with Gasteiger partial charge in [-0.15, -0.1) is 11.3 Å². The molecule has 0 spiro atoms. The molecule has 1 amide bonds.